The van der Waals surface area contributed by atoms with Gasteiger partial charge in [0, 0.05) is 10.6 Å². The smallest absolute Gasteiger partial charge is 0.342 e. The molecule has 0 aliphatic rings. The van der Waals surface area contributed by atoms with E-state index in [4.69, 9.17) is 16.3 Å². The molecule has 8 heteroatoms. The molecule has 0 unspecified atom stereocenters. The summed E-state index contributed by atoms with van der Waals surface area (Å²) < 4.78 is 5.87. The molecule has 0 bridgehead atoms. The molecule has 0 fully saturated rings. The predicted molar refractivity (Wildman–Crippen MR) is 105 cm³/mol. The number of para-hydroxylation sites is 1. The van der Waals surface area contributed by atoms with Gasteiger partial charge >= 0.3 is 5.97 Å². The molecule has 3 rings (SSSR count). The van der Waals surface area contributed by atoms with Crippen molar-refractivity contribution in [2.45, 2.75) is 18.7 Å². The molecule has 0 atom stereocenters. The molecule has 0 radical (unpaired) electrons. The maximum atomic E-state index is 11.6. The van der Waals surface area contributed by atoms with Crippen LogP contribution in [0.1, 0.15) is 17.0 Å². The molecule has 0 spiro atoms. The predicted octanol–water partition coefficient (Wildman–Crippen LogP) is 4.56. The number of carboxylic acids is 1. The quantitative estimate of drug-likeness (QED) is 0.445. The molecular formula is C19H16ClN3O3S. The first-order valence-corrected chi connectivity index (χ1v) is 9.19. The third kappa shape index (κ3) is 5.35. The van der Waals surface area contributed by atoms with E-state index in [1.807, 2.05) is 24.3 Å². The summed E-state index contributed by atoms with van der Waals surface area (Å²) in [6, 6.07) is 14.6. The van der Waals surface area contributed by atoms with Gasteiger partial charge in [0.2, 0.25) is 5.16 Å². The van der Waals surface area contributed by atoms with Gasteiger partial charge in [-0.05, 0) is 48.5 Å². The van der Waals surface area contributed by atoms with E-state index in [2.05, 4.69) is 15.2 Å². The molecule has 1 aromatic heterocycles. The number of carbonyl (C=O) groups is 1. The number of rotatable bonds is 7. The molecule has 2 aromatic carbocycles. The molecule has 0 aliphatic carbocycles. The van der Waals surface area contributed by atoms with E-state index in [0.29, 0.717) is 33.9 Å². The van der Waals surface area contributed by atoms with Crippen LogP contribution in [0.3, 0.4) is 0 Å². The number of hydrogen-bond donors (Lipinski definition) is 2. The van der Waals surface area contributed by atoms with Crippen molar-refractivity contribution in [3.05, 3.63) is 75.4 Å². The average molecular weight is 402 g/mol. The third-order valence-electron chi connectivity index (χ3n) is 3.50. The summed E-state index contributed by atoms with van der Waals surface area (Å²) in [4.78, 5) is 15.9. The lowest BCUT2D eigenvalue weighted by molar-refractivity contribution is -0.131. The maximum Gasteiger partial charge on any atom is 0.342 e. The van der Waals surface area contributed by atoms with Gasteiger partial charge in [-0.3, -0.25) is 5.10 Å². The summed E-state index contributed by atoms with van der Waals surface area (Å²) in [6.07, 6.45) is 1.55. The highest BCUT2D eigenvalue weighted by Gasteiger charge is 2.14. The Morgan fingerprint density at radius 1 is 1.26 bits per heavy atom. The van der Waals surface area contributed by atoms with E-state index in [1.165, 1.54) is 0 Å². The largest absolute Gasteiger partial charge is 0.488 e. The van der Waals surface area contributed by atoms with E-state index in [1.54, 1.807) is 37.3 Å². The lowest BCUT2D eigenvalue weighted by atomic mass is 10.2. The minimum atomic E-state index is -1.06. The maximum absolute atomic E-state index is 11.6. The second kappa shape index (κ2) is 8.75. The molecular weight excluding hydrogens is 386 g/mol. The number of aliphatic carboxylic acids is 1. The summed E-state index contributed by atoms with van der Waals surface area (Å²) in [6.45, 7) is 2.10. The molecule has 27 heavy (non-hydrogen) atoms. The van der Waals surface area contributed by atoms with Crippen molar-refractivity contribution >= 4 is 35.4 Å². The van der Waals surface area contributed by atoms with Crippen LogP contribution >= 0.6 is 23.4 Å². The number of halogens is 1. The lowest BCUT2D eigenvalue weighted by Gasteiger charge is -2.10. The number of benzene rings is 2. The third-order valence-corrected chi connectivity index (χ3v) is 4.63. The number of ether oxygens (including phenoxy) is 1. The van der Waals surface area contributed by atoms with E-state index in [0.717, 1.165) is 17.3 Å². The monoisotopic (exact) mass is 401 g/mol. The summed E-state index contributed by atoms with van der Waals surface area (Å²) >= 11 is 6.87. The van der Waals surface area contributed by atoms with Crippen LogP contribution in [-0.4, -0.2) is 26.3 Å². The molecule has 0 amide bonds. The Labute approximate surface area is 165 Å². The second-order valence-electron chi connectivity index (χ2n) is 5.57. The Balaban J connectivity index is 1.81. The van der Waals surface area contributed by atoms with Crippen molar-refractivity contribution < 1.29 is 14.6 Å². The molecule has 1 heterocycles. The summed E-state index contributed by atoms with van der Waals surface area (Å²) in [7, 11) is 0. The van der Waals surface area contributed by atoms with Crippen LogP contribution < -0.4 is 4.74 Å². The molecule has 138 valence electrons. The van der Waals surface area contributed by atoms with E-state index in [-0.39, 0.29) is 4.91 Å². The van der Waals surface area contributed by atoms with Crippen molar-refractivity contribution in [3.63, 3.8) is 0 Å². The molecule has 0 saturated carbocycles. The second-order valence-corrected chi connectivity index (χ2v) is 7.02. The Bertz CT molecular complexity index is 970. The molecule has 3 aromatic rings. The van der Waals surface area contributed by atoms with Crippen molar-refractivity contribution in [3.8, 4) is 5.75 Å². The van der Waals surface area contributed by atoms with Gasteiger partial charge in [0.1, 0.15) is 23.1 Å². The summed E-state index contributed by atoms with van der Waals surface area (Å²) in [5.74, 6) is 0.141. The van der Waals surface area contributed by atoms with Crippen LogP contribution in [0.25, 0.3) is 6.08 Å². The van der Waals surface area contributed by atoms with Crippen LogP contribution in [0.4, 0.5) is 0 Å². The van der Waals surface area contributed by atoms with Crippen molar-refractivity contribution in [1.29, 1.82) is 0 Å². The number of thioether (sulfide) groups is 1. The van der Waals surface area contributed by atoms with Crippen molar-refractivity contribution in [2.24, 2.45) is 0 Å². The van der Waals surface area contributed by atoms with Crippen LogP contribution in [0.15, 0.2) is 58.6 Å². The number of aromatic amines is 1. The van der Waals surface area contributed by atoms with Crippen LogP contribution in [0.5, 0.6) is 5.75 Å². The molecule has 6 nitrogen and oxygen atoms in total. The number of nitrogens with zero attached hydrogens (tertiary/aromatic N) is 2. The zero-order valence-electron chi connectivity index (χ0n) is 14.3. The number of aryl methyl sites for hydroxylation is 1. The van der Waals surface area contributed by atoms with Crippen LogP contribution in [-0.2, 0) is 11.4 Å². The van der Waals surface area contributed by atoms with Gasteiger partial charge in [-0.2, -0.15) is 0 Å². The molecule has 0 aliphatic heterocycles. The molecule has 2 N–H and O–H groups in total. The fraction of sp³-hybridized carbons (Fsp3) is 0.105. The minimum absolute atomic E-state index is 0.0940. The summed E-state index contributed by atoms with van der Waals surface area (Å²) in [5.41, 5.74) is 1.62. The Kier molecular flexibility index (Phi) is 6.16. The Hall–Kier alpha value is -2.77. The van der Waals surface area contributed by atoms with E-state index in [9.17, 15) is 9.90 Å². The van der Waals surface area contributed by atoms with Crippen molar-refractivity contribution in [1.82, 2.24) is 15.2 Å². The first-order chi connectivity index (χ1) is 13.0. The highest BCUT2D eigenvalue weighted by molar-refractivity contribution is 8.04. The normalized spacial score (nSPS) is 11.4. The number of H-pyrrole nitrogens is 1. The Morgan fingerprint density at radius 3 is 2.67 bits per heavy atom. The van der Waals surface area contributed by atoms with Gasteiger partial charge in [-0.15, -0.1) is 5.10 Å². The Morgan fingerprint density at radius 2 is 2.00 bits per heavy atom. The number of aromatic nitrogens is 3. The highest BCUT2D eigenvalue weighted by Crippen LogP contribution is 2.29. The van der Waals surface area contributed by atoms with Gasteiger partial charge in [0.15, 0.2) is 0 Å². The van der Waals surface area contributed by atoms with E-state index < -0.39 is 5.97 Å². The molecule has 0 saturated heterocycles. The van der Waals surface area contributed by atoms with Crippen LogP contribution in [0.2, 0.25) is 5.02 Å². The first kappa shape index (κ1) is 19.0. The van der Waals surface area contributed by atoms with Gasteiger partial charge in [-0.1, -0.05) is 41.9 Å². The highest BCUT2D eigenvalue weighted by atomic mass is 35.5. The van der Waals surface area contributed by atoms with Crippen LogP contribution in [0, 0.1) is 6.92 Å². The fourth-order valence-corrected chi connectivity index (χ4v) is 3.08. The SMILES string of the molecule is Cc1nc(SC(=Cc2ccccc2OCc2ccc(Cl)cc2)C(=O)O)n[nH]1. The first-order valence-electron chi connectivity index (χ1n) is 7.99. The van der Waals surface area contributed by atoms with Gasteiger partial charge in [0.05, 0.1) is 0 Å². The van der Waals surface area contributed by atoms with Gasteiger partial charge in [0.25, 0.3) is 0 Å². The van der Waals surface area contributed by atoms with Gasteiger partial charge < -0.3 is 9.84 Å². The zero-order valence-corrected chi connectivity index (χ0v) is 15.9. The number of hydrogen-bond acceptors (Lipinski definition) is 5. The zero-order chi connectivity index (χ0) is 19.2. The van der Waals surface area contributed by atoms with E-state index >= 15 is 0 Å². The number of nitrogens with one attached hydrogen (secondary N) is 1. The number of carboxylic acid groups (broad SMARTS) is 1. The standard InChI is InChI=1S/C19H16ClN3O3S/c1-12-21-19(23-22-12)27-17(18(24)25)10-14-4-2-3-5-16(14)26-11-13-6-8-15(20)9-7-13/h2-10H,11H2,1H3,(H,24,25)(H,21,22,23). The van der Waals surface area contributed by atoms with Crippen molar-refractivity contribution in [2.75, 3.05) is 0 Å². The fourth-order valence-electron chi connectivity index (χ4n) is 2.22. The summed E-state index contributed by atoms with van der Waals surface area (Å²) in [5, 5.41) is 17.2. The minimum Gasteiger partial charge on any atom is -0.488 e. The lowest BCUT2D eigenvalue weighted by Crippen LogP contribution is -1.99. The topological polar surface area (TPSA) is 88.1 Å². The average Bonchev–Trinajstić information content (AvgIpc) is 3.06. The van der Waals surface area contributed by atoms with Gasteiger partial charge in [-0.25, -0.2) is 9.78 Å².